The Bertz CT molecular complexity index is 1750. The van der Waals surface area contributed by atoms with Crippen LogP contribution < -0.4 is 5.32 Å². The van der Waals surface area contributed by atoms with E-state index in [1.165, 1.54) is 30.6 Å². The van der Waals surface area contributed by atoms with Gasteiger partial charge in [-0.25, -0.2) is 9.97 Å². The van der Waals surface area contributed by atoms with Gasteiger partial charge in [0.15, 0.2) is 11.5 Å². The van der Waals surface area contributed by atoms with Crippen LogP contribution in [0.25, 0.3) is 49.6 Å². The third-order valence-electron chi connectivity index (χ3n) is 6.91. The van der Waals surface area contributed by atoms with E-state index in [2.05, 4.69) is 44.7 Å². The second-order valence-corrected chi connectivity index (χ2v) is 11.0. The van der Waals surface area contributed by atoms with E-state index in [1.54, 1.807) is 6.20 Å². The predicted octanol–water partition coefficient (Wildman–Crippen LogP) is 7.65. The highest BCUT2D eigenvalue weighted by Crippen LogP contribution is 2.36. The molecule has 1 fully saturated rings. The van der Waals surface area contributed by atoms with E-state index in [4.69, 9.17) is 21.6 Å². The first-order chi connectivity index (χ1) is 18.5. The third kappa shape index (κ3) is 4.46. The molecule has 0 aromatic carbocycles. The topological polar surface area (TPSA) is 95.2 Å². The minimum Gasteiger partial charge on any atom is -0.359 e. The minimum atomic E-state index is 0.534. The van der Waals surface area contributed by atoms with Crippen molar-refractivity contribution in [1.82, 2.24) is 35.5 Å². The average Bonchev–Trinajstić information content (AvgIpc) is 3.62. The quantitative estimate of drug-likeness (QED) is 0.176. The first-order valence-electron chi connectivity index (χ1n) is 12.5. The zero-order chi connectivity index (χ0) is 26.2. The van der Waals surface area contributed by atoms with Gasteiger partial charge in [-0.1, -0.05) is 37.3 Å². The van der Waals surface area contributed by atoms with E-state index in [0.29, 0.717) is 17.4 Å². The Hall–Kier alpha value is -4.01. The molecule has 38 heavy (non-hydrogen) atoms. The first kappa shape index (κ1) is 24.3. The molecule has 0 bridgehead atoms. The number of halogens is 1. The Morgan fingerprint density at radius 1 is 1.13 bits per heavy atom. The number of nitrogens with one attached hydrogen (secondary N) is 3. The number of hydrogen-bond donors (Lipinski definition) is 3. The van der Waals surface area contributed by atoms with Crippen molar-refractivity contribution in [3.63, 3.8) is 0 Å². The van der Waals surface area contributed by atoms with Crippen molar-refractivity contribution in [2.45, 2.75) is 26.2 Å². The highest BCUT2D eigenvalue weighted by molar-refractivity contribution is 7.19. The predicted molar refractivity (Wildman–Crippen MR) is 157 cm³/mol. The van der Waals surface area contributed by atoms with E-state index >= 15 is 0 Å². The lowest BCUT2D eigenvalue weighted by molar-refractivity contribution is 0.356. The van der Waals surface area contributed by atoms with Gasteiger partial charge in [-0.15, -0.1) is 11.3 Å². The molecule has 5 aromatic heterocycles. The second kappa shape index (κ2) is 10.0. The van der Waals surface area contributed by atoms with Crippen LogP contribution in [0.1, 0.15) is 31.9 Å². The van der Waals surface area contributed by atoms with E-state index < -0.39 is 0 Å². The van der Waals surface area contributed by atoms with Crippen LogP contribution in [0.3, 0.4) is 0 Å². The molecule has 0 aliphatic heterocycles. The van der Waals surface area contributed by atoms with Gasteiger partial charge in [0, 0.05) is 28.0 Å². The lowest BCUT2D eigenvalue weighted by Gasteiger charge is -2.28. The van der Waals surface area contributed by atoms with Crippen LogP contribution >= 0.6 is 22.9 Å². The maximum atomic E-state index is 6.18. The van der Waals surface area contributed by atoms with E-state index in [1.807, 2.05) is 49.5 Å². The van der Waals surface area contributed by atoms with Crippen molar-refractivity contribution in [2.75, 3.05) is 0 Å². The molecule has 3 N–H and O–H groups in total. The molecular weight excluding hydrogens is 514 g/mol. The van der Waals surface area contributed by atoms with Gasteiger partial charge in [0.1, 0.15) is 11.0 Å². The summed E-state index contributed by atoms with van der Waals surface area (Å²) in [6.07, 6.45) is 13.1. The second-order valence-electron chi connectivity index (χ2n) is 9.26. The van der Waals surface area contributed by atoms with Crippen molar-refractivity contribution in [1.29, 1.82) is 0 Å². The van der Waals surface area contributed by atoms with Gasteiger partial charge in [-0.2, -0.15) is 5.10 Å². The largest absolute Gasteiger partial charge is 0.359 e. The lowest BCUT2D eigenvalue weighted by atomic mass is 9.83. The van der Waals surface area contributed by atoms with Crippen LogP contribution in [0.2, 0.25) is 4.34 Å². The summed E-state index contributed by atoms with van der Waals surface area (Å²) in [5.74, 6) is 1.15. The van der Waals surface area contributed by atoms with Crippen LogP contribution in [-0.2, 0) is 0 Å². The normalized spacial score (nSPS) is 14.7. The molecule has 9 heteroatoms. The summed E-state index contributed by atoms with van der Waals surface area (Å²) in [6, 6.07) is 7.84. The number of aromatic nitrogens is 6. The van der Waals surface area contributed by atoms with Gasteiger partial charge in [0.05, 0.1) is 27.3 Å². The zero-order valence-electron chi connectivity index (χ0n) is 20.9. The van der Waals surface area contributed by atoms with E-state index in [9.17, 15) is 0 Å². The van der Waals surface area contributed by atoms with Gasteiger partial charge >= 0.3 is 0 Å². The summed E-state index contributed by atoms with van der Waals surface area (Å²) < 4.78 is 0.721. The molecule has 1 saturated carbocycles. The molecule has 5 aromatic rings. The smallest absolute Gasteiger partial charge is 0.161 e. The third-order valence-corrected chi connectivity index (χ3v) is 8.17. The van der Waals surface area contributed by atoms with Crippen LogP contribution in [-0.4, -0.2) is 30.1 Å². The number of pyridine rings is 2. The molecule has 7 nitrogen and oxygen atoms in total. The van der Waals surface area contributed by atoms with Crippen LogP contribution in [0.5, 0.6) is 0 Å². The molecule has 0 saturated heterocycles. The average molecular weight is 540 g/mol. The van der Waals surface area contributed by atoms with Gasteiger partial charge in [0.2, 0.25) is 0 Å². The maximum Gasteiger partial charge on any atom is 0.161 e. The maximum absolute atomic E-state index is 6.18. The van der Waals surface area contributed by atoms with Crippen LogP contribution in [0, 0.1) is 5.92 Å². The molecule has 0 unspecified atom stereocenters. The summed E-state index contributed by atoms with van der Waals surface area (Å²) >= 11 is 7.68. The number of allylic oxidation sites excluding steroid dienone is 5. The van der Waals surface area contributed by atoms with E-state index in [-0.39, 0.29) is 0 Å². The molecule has 0 radical (unpaired) electrons. The summed E-state index contributed by atoms with van der Waals surface area (Å²) in [4.78, 5) is 18.7. The Kier molecular flexibility index (Phi) is 6.43. The number of H-pyrrole nitrogens is 2. The summed E-state index contributed by atoms with van der Waals surface area (Å²) in [5, 5.41) is 11.1. The first-order valence-corrected chi connectivity index (χ1v) is 13.6. The summed E-state index contributed by atoms with van der Waals surface area (Å²) in [5.41, 5.74) is 8.49. The number of imidazole rings is 1. The molecule has 5 heterocycles. The molecule has 0 amide bonds. The number of rotatable bonds is 8. The van der Waals surface area contributed by atoms with Crippen molar-refractivity contribution < 1.29 is 0 Å². The lowest BCUT2D eigenvalue weighted by Crippen LogP contribution is -2.23. The standard InChI is InChI=1S/C29H26ClN7S/c1-4-17(13-19(5-2)32-16(3)18-7-6-8-18)21-9-10-22-27(33-21)28(37-36-22)29-34-23-15-31-14-20(26(23)35-29)24-11-12-25(30)38-24/h4-5,9-15,18,32H,2-3,6-8H2,1H3,(H,34,35)(H,36,37)/b17-4+,19-13+. The number of thiophene rings is 1. The zero-order valence-corrected chi connectivity index (χ0v) is 22.5. The molecular formula is C29H26ClN7S. The Morgan fingerprint density at radius 3 is 2.71 bits per heavy atom. The highest BCUT2D eigenvalue weighted by atomic mass is 35.5. The number of hydrogen-bond acceptors (Lipinski definition) is 6. The Morgan fingerprint density at radius 2 is 2.00 bits per heavy atom. The fraction of sp³-hybridized carbons (Fsp3) is 0.172. The molecule has 0 atom stereocenters. The molecule has 0 spiro atoms. The number of nitrogens with zero attached hydrogens (tertiary/aromatic N) is 4. The monoisotopic (exact) mass is 539 g/mol. The van der Waals surface area contributed by atoms with Crippen molar-refractivity contribution >= 4 is 50.6 Å². The van der Waals surface area contributed by atoms with Crippen molar-refractivity contribution in [3.8, 4) is 22.0 Å². The Labute approximate surface area is 229 Å². The fourth-order valence-electron chi connectivity index (χ4n) is 4.57. The SMILES string of the molecule is C=C/C(=C\C(=C/C)c1ccc2[nH]nc(-c3nc4c(-c5ccc(Cl)s5)cncc4[nH]3)c2n1)NC(=C)C1CCC1. The van der Waals surface area contributed by atoms with Crippen molar-refractivity contribution in [2.24, 2.45) is 5.92 Å². The van der Waals surface area contributed by atoms with Crippen LogP contribution in [0.4, 0.5) is 0 Å². The summed E-state index contributed by atoms with van der Waals surface area (Å²) in [7, 11) is 0. The Balaban J connectivity index is 1.37. The van der Waals surface area contributed by atoms with Crippen LogP contribution in [0.15, 0.2) is 79.4 Å². The highest BCUT2D eigenvalue weighted by Gasteiger charge is 2.21. The van der Waals surface area contributed by atoms with Crippen molar-refractivity contribution in [3.05, 3.63) is 89.5 Å². The van der Waals surface area contributed by atoms with E-state index in [0.717, 1.165) is 59.5 Å². The fourth-order valence-corrected chi connectivity index (χ4v) is 5.63. The molecule has 1 aliphatic rings. The van der Waals surface area contributed by atoms with Gasteiger partial charge in [-0.05, 0) is 67.7 Å². The van der Waals surface area contributed by atoms with Gasteiger partial charge in [-0.3, -0.25) is 10.1 Å². The van der Waals surface area contributed by atoms with Gasteiger partial charge in [0.25, 0.3) is 0 Å². The minimum absolute atomic E-state index is 0.534. The number of aromatic amines is 2. The molecule has 1 aliphatic carbocycles. The molecule has 190 valence electrons. The molecule has 6 rings (SSSR count). The number of fused-ring (bicyclic) bond motifs is 2. The summed E-state index contributed by atoms with van der Waals surface area (Å²) in [6.45, 7) is 10.2. The van der Waals surface area contributed by atoms with Gasteiger partial charge < -0.3 is 10.3 Å².